The van der Waals surface area contributed by atoms with Gasteiger partial charge in [-0.15, -0.1) is 10.2 Å². The molecule has 0 saturated carbocycles. The molecule has 2 N–H and O–H groups in total. The number of amides is 2. The number of rotatable bonds is 6. The number of tetrazole rings is 1. The number of nitrogens with one attached hydrogen (secondary N) is 2. The maximum absolute atomic E-state index is 12.3. The van der Waals surface area contributed by atoms with Gasteiger partial charge in [-0.3, -0.25) is 20.4 Å². The van der Waals surface area contributed by atoms with Gasteiger partial charge in [-0.25, -0.2) is 0 Å². The molecule has 1 aromatic heterocycles. The Morgan fingerprint density at radius 1 is 0.844 bits per heavy atom. The molecule has 4 aromatic rings. The molecule has 0 atom stereocenters. The molecule has 0 aliphatic heterocycles. The molecule has 0 bridgehead atoms. The van der Waals surface area contributed by atoms with E-state index >= 15 is 0 Å². The van der Waals surface area contributed by atoms with E-state index in [0.29, 0.717) is 17.9 Å². The second kappa shape index (κ2) is 9.97. The summed E-state index contributed by atoms with van der Waals surface area (Å²) in [4.78, 5) is 25.8. The lowest BCUT2D eigenvalue weighted by Gasteiger charge is -2.08. The first-order valence-electron chi connectivity index (χ1n) is 9.82. The summed E-state index contributed by atoms with van der Waals surface area (Å²) in [5, 5.41) is 12.5. The van der Waals surface area contributed by atoms with Crippen molar-refractivity contribution in [3.8, 4) is 11.4 Å². The SMILES string of the molecule is O=C(Cc1ccc(Br)cc1)NNC(=O)c1ccc(Cn2nnc(-c3ccccc3)n2)cc1. The Labute approximate surface area is 192 Å². The van der Waals surface area contributed by atoms with E-state index in [4.69, 9.17) is 0 Å². The van der Waals surface area contributed by atoms with E-state index in [2.05, 4.69) is 42.2 Å². The van der Waals surface area contributed by atoms with Gasteiger partial charge in [0.15, 0.2) is 0 Å². The van der Waals surface area contributed by atoms with Crippen molar-refractivity contribution in [3.05, 3.63) is 100 Å². The summed E-state index contributed by atoms with van der Waals surface area (Å²) < 4.78 is 0.939. The molecule has 3 aromatic carbocycles. The summed E-state index contributed by atoms with van der Waals surface area (Å²) in [6.07, 6.45) is 0.169. The lowest BCUT2D eigenvalue weighted by atomic mass is 10.1. The van der Waals surface area contributed by atoms with Gasteiger partial charge in [-0.2, -0.15) is 4.80 Å². The number of hydrogen-bond donors (Lipinski definition) is 2. The Morgan fingerprint density at radius 2 is 1.53 bits per heavy atom. The van der Waals surface area contributed by atoms with Crippen molar-refractivity contribution in [3.63, 3.8) is 0 Å². The number of aromatic nitrogens is 4. The van der Waals surface area contributed by atoms with E-state index < -0.39 is 5.91 Å². The molecule has 0 aliphatic carbocycles. The fraction of sp³-hybridized carbons (Fsp3) is 0.0870. The average Bonchev–Trinajstić information content (AvgIpc) is 3.28. The van der Waals surface area contributed by atoms with Crippen LogP contribution in [0.15, 0.2) is 83.3 Å². The Hall–Kier alpha value is -3.85. The van der Waals surface area contributed by atoms with E-state index in [1.165, 1.54) is 4.80 Å². The second-order valence-corrected chi connectivity index (χ2v) is 7.93. The highest BCUT2D eigenvalue weighted by molar-refractivity contribution is 9.10. The summed E-state index contributed by atoms with van der Waals surface area (Å²) in [6, 6.07) is 24.0. The molecule has 9 heteroatoms. The van der Waals surface area contributed by atoms with E-state index in [0.717, 1.165) is 21.2 Å². The van der Waals surface area contributed by atoms with Gasteiger partial charge in [0.1, 0.15) is 0 Å². The van der Waals surface area contributed by atoms with Crippen LogP contribution in [0.3, 0.4) is 0 Å². The van der Waals surface area contributed by atoms with E-state index in [9.17, 15) is 9.59 Å². The lowest BCUT2D eigenvalue weighted by molar-refractivity contribution is -0.121. The fourth-order valence-electron chi connectivity index (χ4n) is 2.97. The first-order valence-corrected chi connectivity index (χ1v) is 10.6. The van der Waals surface area contributed by atoms with Crippen LogP contribution in [-0.2, 0) is 17.8 Å². The number of halogens is 1. The van der Waals surface area contributed by atoms with E-state index in [-0.39, 0.29) is 12.3 Å². The summed E-state index contributed by atoms with van der Waals surface area (Å²) >= 11 is 3.35. The highest BCUT2D eigenvalue weighted by Gasteiger charge is 2.10. The van der Waals surface area contributed by atoms with Crippen molar-refractivity contribution in [1.29, 1.82) is 0 Å². The summed E-state index contributed by atoms with van der Waals surface area (Å²) in [7, 11) is 0. The van der Waals surface area contributed by atoms with Crippen LogP contribution in [0.5, 0.6) is 0 Å². The van der Waals surface area contributed by atoms with Crippen LogP contribution in [-0.4, -0.2) is 32.0 Å². The third-order valence-corrected chi connectivity index (χ3v) is 5.15. The van der Waals surface area contributed by atoms with Crippen molar-refractivity contribution >= 4 is 27.7 Å². The van der Waals surface area contributed by atoms with Crippen LogP contribution in [0.25, 0.3) is 11.4 Å². The normalized spacial score (nSPS) is 10.5. The van der Waals surface area contributed by atoms with Gasteiger partial charge < -0.3 is 0 Å². The van der Waals surface area contributed by atoms with Crippen molar-refractivity contribution in [1.82, 2.24) is 31.1 Å². The Kier molecular flexibility index (Phi) is 6.66. The molecule has 0 saturated heterocycles. The third-order valence-electron chi connectivity index (χ3n) is 4.62. The summed E-state index contributed by atoms with van der Waals surface area (Å²) in [6.45, 7) is 0.422. The largest absolute Gasteiger partial charge is 0.273 e. The van der Waals surface area contributed by atoms with Crippen molar-refractivity contribution < 1.29 is 9.59 Å². The first kappa shape index (κ1) is 21.4. The number of hydrogen-bond acceptors (Lipinski definition) is 5. The molecule has 8 nitrogen and oxygen atoms in total. The molecule has 160 valence electrons. The zero-order valence-electron chi connectivity index (χ0n) is 16.9. The van der Waals surface area contributed by atoms with Gasteiger partial charge in [0.2, 0.25) is 11.7 Å². The van der Waals surface area contributed by atoms with Crippen LogP contribution < -0.4 is 10.9 Å². The van der Waals surface area contributed by atoms with Crippen LogP contribution in [0.4, 0.5) is 0 Å². The quantitative estimate of drug-likeness (QED) is 0.404. The molecule has 2 amide bonds. The fourth-order valence-corrected chi connectivity index (χ4v) is 3.23. The van der Waals surface area contributed by atoms with Crippen molar-refractivity contribution in [2.24, 2.45) is 0 Å². The van der Waals surface area contributed by atoms with Crippen LogP contribution >= 0.6 is 15.9 Å². The number of benzene rings is 3. The topological polar surface area (TPSA) is 102 Å². The number of carbonyl (C=O) groups is 2. The number of hydrazine groups is 1. The maximum Gasteiger partial charge on any atom is 0.269 e. The Bertz CT molecular complexity index is 1210. The standard InChI is InChI=1S/C23H19BrN6O2/c24-20-12-8-16(9-13-20)14-21(31)25-27-23(32)19-10-6-17(7-11-19)15-30-28-22(26-29-30)18-4-2-1-3-5-18/h1-13H,14-15H2,(H,25,31)(H,27,32). The van der Waals surface area contributed by atoms with Gasteiger partial charge in [0.25, 0.3) is 5.91 Å². The van der Waals surface area contributed by atoms with Crippen molar-refractivity contribution in [2.75, 3.05) is 0 Å². The minimum absolute atomic E-state index is 0.169. The molecule has 0 unspecified atom stereocenters. The number of nitrogens with zero attached hydrogens (tertiary/aromatic N) is 4. The highest BCUT2D eigenvalue weighted by atomic mass is 79.9. The Morgan fingerprint density at radius 3 is 2.25 bits per heavy atom. The minimum Gasteiger partial charge on any atom is -0.273 e. The monoisotopic (exact) mass is 490 g/mol. The predicted octanol–water partition coefficient (Wildman–Crippen LogP) is 3.15. The zero-order chi connectivity index (χ0) is 22.3. The summed E-state index contributed by atoms with van der Waals surface area (Å²) in [5.74, 6) is -0.143. The molecule has 0 aliphatic rings. The lowest BCUT2D eigenvalue weighted by Crippen LogP contribution is -2.42. The zero-order valence-corrected chi connectivity index (χ0v) is 18.5. The average molecular weight is 491 g/mol. The molecule has 32 heavy (non-hydrogen) atoms. The van der Waals surface area contributed by atoms with Crippen LogP contribution in [0.2, 0.25) is 0 Å². The minimum atomic E-state index is -0.397. The van der Waals surface area contributed by atoms with Gasteiger partial charge in [0.05, 0.1) is 13.0 Å². The van der Waals surface area contributed by atoms with Gasteiger partial charge in [-0.05, 0) is 40.6 Å². The molecular weight excluding hydrogens is 472 g/mol. The predicted molar refractivity (Wildman–Crippen MR) is 122 cm³/mol. The van der Waals surface area contributed by atoms with Crippen LogP contribution in [0, 0.1) is 0 Å². The third kappa shape index (κ3) is 5.64. The van der Waals surface area contributed by atoms with Gasteiger partial charge in [-0.1, -0.05) is 70.5 Å². The Balaban J connectivity index is 1.29. The molecular formula is C23H19BrN6O2. The second-order valence-electron chi connectivity index (χ2n) is 7.01. The highest BCUT2D eigenvalue weighted by Crippen LogP contribution is 2.13. The maximum atomic E-state index is 12.3. The van der Waals surface area contributed by atoms with E-state index in [1.807, 2.05) is 66.7 Å². The first-order chi connectivity index (χ1) is 15.6. The number of carbonyl (C=O) groups excluding carboxylic acids is 2. The molecule has 0 fully saturated rings. The molecule has 0 radical (unpaired) electrons. The molecule has 4 rings (SSSR count). The molecule has 1 heterocycles. The van der Waals surface area contributed by atoms with Crippen LogP contribution in [0.1, 0.15) is 21.5 Å². The molecule has 0 spiro atoms. The van der Waals surface area contributed by atoms with Gasteiger partial charge in [0, 0.05) is 15.6 Å². The summed E-state index contributed by atoms with van der Waals surface area (Å²) in [5.41, 5.74) is 7.95. The van der Waals surface area contributed by atoms with Crippen molar-refractivity contribution in [2.45, 2.75) is 13.0 Å². The van der Waals surface area contributed by atoms with E-state index in [1.54, 1.807) is 12.1 Å². The van der Waals surface area contributed by atoms with Gasteiger partial charge >= 0.3 is 0 Å². The smallest absolute Gasteiger partial charge is 0.269 e.